The number of benzene rings is 1. The van der Waals surface area contributed by atoms with E-state index in [9.17, 15) is 5.11 Å². The molecule has 0 bridgehead atoms. The molecule has 1 unspecified atom stereocenters. The molecule has 1 saturated carbocycles. The molecule has 1 aliphatic carbocycles. The van der Waals surface area contributed by atoms with E-state index in [0.717, 1.165) is 38.0 Å². The van der Waals surface area contributed by atoms with Crippen molar-refractivity contribution in [3.63, 3.8) is 0 Å². The fourth-order valence-corrected chi connectivity index (χ4v) is 2.58. The first-order valence-corrected chi connectivity index (χ1v) is 8.25. The summed E-state index contributed by atoms with van der Waals surface area (Å²) < 4.78 is 5.81. The van der Waals surface area contributed by atoms with E-state index < -0.39 is 0 Å². The van der Waals surface area contributed by atoms with Gasteiger partial charge >= 0.3 is 0 Å². The van der Waals surface area contributed by atoms with Gasteiger partial charge in [0.05, 0.1) is 13.2 Å². The van der Waals surface area contributed by atoms with E-state index in [1.165, 1.54) is 18.4 Å². The Bertz CT molecular complexity index is 431. The number of hydrogen-bond acceptors (Lipinski definition) is 3. The minimum absolute atomic E-state index is 0.122. The number of aryl methyl sites for hydroxylation is 1. The predicted molar refractivity (Wildman–Crippen MR) is 86.8 cm³/mol. The van der Waals surface area contributed by atoms with Gasteiger partial charge in [0.1, 0.15) is 5.75 Å². The second-order valence-corrected chi connectivity index (χ2v) is 6.44. The van der Waals surface area contributed by atoms with Crippen LogP contribution in [0.1, 0.15) is 51.5 Å². The van der Waals surface area contributed by atoms with E-state index in [-0.39, 0.29) is 12.1 Å². The number of ether oxygens (including phenoxy) is 1. The maximum Gasteiger partial charge on any atom is 0.119 e. The van der Waals surface area contributed by atoms with Gasteiger partial charge in [0, 0.05) is 11.6 Å². The predicted octanol–water partition coefficient (Wildman–Crippen LogP) is 3.30. The van der Waals surface area contributed by atoms with Crippen LogP contribution in [0.15, 0.2) is 24.3 Å². The first-order valence-electron chi connectivity index (χ1n) is 8.25. The maximum atomic E-state index is 9.56. The Labute approximate surface area is 128 Å². The minimum Gasteiger partial charge on any atom is -0.494 e. The Morgan fingerprint density at radius 3 is 2.81 bits per heavy atom. The van der Waals surface area contributed by atoms with E-state index in [1.807, 2.05) is 6.07 Å². The van der Waals surface area contributed by atoms with Gasteiger partial charge in [-0.1, -0.05) is 19.1 Å². The average molecular weight is 291 g/mol. The fraction of sp³-hybridized carbons (Fsp3) is 0.667. The van der Waals surface area contributed by atoms with Crippen LogP contribution in [0.25, 0.3) is 0 Å². The lowest BCUT2D eigenvalue weighted by Crippen LogP contribution is -2.46. The largest absolute Gasteiger partial charge is 0.494 e. The highest BCUT2D eigenvalue weighted by molar-refractivity contribution is 5.28. The van der Waals surface area contributed by atoms with Crippen molar-refractivity contribution < 1.29 is 9.84 Å². The molecule has 2 rings (SSSR count). The van der Waals surface area contributed by atoms with Crippen molar-refractivity contribution in [2.75, 3.05) is 13.2 Å². The molecule has 0 aromatic heterocycles. The Kier molecular flexibility index (Phi) is 6.07. The second kappa shape index (κ2) is 7.81. The van der Waals surface area contributed by atoms with Gasteiger partial charge in [-0.2, -0.15) is 0 Å². The summed E-state index contributed by atoms with van der Waals surface area (Å²) in [6, 6.07) is 8.95. The summed E-state index contributed by atoms with van der Waals surface area (Å²) >= 11 is 0. The van der Waals surface area contributed by atoms with Crippen LogP contribution in [0.4, 0.5) is 0 Å². The highest BCUT2D eigenvalue weighted by Gasteiger charge is 2.31. The number of hydrogen-bond donors (Lipinski definition) is 2. The quantitative estimate of drug-likeness (QED) is 0.650. The van der Waals surface area contributed by atoms with Crippen molar-refractivity contribution in [1.29, 1.82) is 0 Å². The van der Waals surface area contributed by atoms with Gasteiger partial charge in [0.15, 0.2) is 0 Å². The van der Waals surface area contributed by atoms with Crippen LogP contribution in [0.5, 0.6) is 5.75 Å². The van der Waals surface area contributed by atoms with Gasteiger partial charge in [-0.25, -0.2) is 0 Å². The third kappa shape index (κ3) is 5.68. The van der Waals surface area contributed by atoms with Crippen LogP contribution in [0, 0.1) is 0 Å². The molecule has 2 N–H and O–H groups in total. The normalized spacial score (nSPS) is 17.5. The van der Waals surface area contributed by atoms with Gasteiger partial charge in [-0.15, -0.1) is 0 Å². The maximum absolute atomic E-state index is 9.56. The van der Waals surface area contributed by atoms with E-state index in [4.69, 9.17) is 4.74 Å². The molecule has 0 aliphatic heterocycles. The summed E-state index contributed by atoms with van der Waals surface area (Å²) in [5, 5.41) is 13.1. The molecule has 21 heavy (non-hydrogen) atoms. The Balaban J connectivity index is 1.64. The van der Waals surface area contributed by atoms with Gasteiger partial charge in [-0.3, -0.25) is 0 Å². The molecule has 3 nitrogen and oxygen atoms in total. The molecule has 0 heterocycles. The zero-order valence-corrected chi connectivity index (χ0v) is 13.4. The number of rotatable bonds is 10. The van der Waals surface area contributed by atoms with Crippen molar-refractivity contribution >= 4 is 0 Å². The first-order chi connectivity index (χ1) is 10.1. The number of aliphatic hydroxyl groups is 1. The molecular weight excluding hydrogens is 262 g/mol. The van der Waals surface area contributed by atoms with Crippen molar-refractivity contribution in [3.8, 4) is 5.75 Å². The molecule has 0 amide bonds. The first kappa shape index (κ1) is 16.3. The van der Waals surface area contributed by atoms with Crippen LogP contribution in [-0.2, 0) is 6.42 Å². The fourth-order valence-electron chi connectivity index (χ4n) is 2.58. The molecule has 0 spiro atoms. The SMILES string of the molecule is CCc1cccc(OCCCCC(C)(CO)NC2CC2)c1. The molecular formula is C18H29NO2. The van der Waals surface area contributed by atoms with E-state index in [1.54, 1.807) is 0 Å². The summed E-state index contributed by atoms with van der Waals surface area (Å²) in [5.41, 5.74) is 1.19. The lowest BCUT2D eigenvalue weighted by atomic mass is 9.95. The molecule has 0 saturated heterocycles. The zero-order chi connectivity index (χ0) is 15.1. The summed E-state index contributed by atoms with van der Waals surface area (Å²) in [5.74, 6) is 0.968. The standard InChI is InChI=1S/C18H29NO2/c1-3-15-7-6-8-17(13-15)21-12-5-4-11-18(2,14-20)19-16-9-10-16/h6-8,13,16,19-20H,3-5,9-12,14H2,1-2H3. The van der Waals surface area contributed by atoms with E-state index in [2.05, 4.69) is 37.4 Å². The molecule has 118 valence electrons. The molecule has 0 radical (unpaired) electrons. The van der Waals surface area contributed by atoms with Crippen molar-refractivity contribution in [1.82, 2.24) is 5.32 Å². The summed E-state index contributed by atoms with van der Waals surface area (Å²) in [7, 11) is 0. The molecule has 1 fully saturated rings. The topological polar surface area (TPSA) is 41.5 Å². The van der Waals surface area contributed by atoms with Crippen LogP contribution >= 0.6 is 0 Å². The lowest BCUT2D eigenvalue weighted by molar-refractivity contribution is 0.158. The number of unbranched alkanes of at least 4 members (excludes halogenated alkanes) is 1. The van der Waals surface area contributed by atoms with Crippen LogP contribution in [0.3, 0.4) is 0 Å². The van der Waals surface area contributed by atoms with Crippen molar-refractivity contribution in [2.45, 2.75) is 64.0 Å². The number of nitrogens with one attached hydrogen (secondary N) is 1. The van der Waals surface area contributed by atoms with Gasteiger partial charge in [-0.05, 0) is 63.1 Å². The average Bonchev–Trinajstić information content (AvgIpc) is 3.31. The summed E-state index contributed by atoms with van der Waals surface area (Å²) in [6.07, 6.45) is 6.65. The third-order valence-electron chi connectivity index (χ3n) is 4.18. The van der Waals surface area contributed by atoms with Gasteiger partial charge in [0.25, 0.3) is 0 Å². The van der Waals surface area contributed by atoms with Crippen LogP contribution in [-0.4, -0.2) is 29.9 Å². The highest BCUT2D eigenvalue weighted by atomic mass is 16.5. The Morgan fingerprint density at radius 1 is 1.33 bits per heavy atom. The molecule has 3 heteroatoms. The molecule has 1 aliphatic rings. The van der Waals surface area contributed by atoms with Gasteiger partial charge in [0.2, 0.25) is 0 Å². The van der Waals surface area contributed by atoms with Crippen LogP contribution in [0.2, 0.25) is 0 Å². The highest BCUT2D eigenvalue weighted by Crippen LogP contribution is 2.25. The Hall–Kier alpha value is -1.06. The smallest absolute Gasteiger partial charge is 0.119 e. The summed E-state index contributed by atoms with van der Waals surface area (Å²) in [4.78, 5) is 0. The van der Waals surface area contributed by atoms with E-state index >= 15 is 0 Å². The van der Waals surface area contributed by atoms with Crippen LogP contribution < -0.4 is 10.1 Å². The molecule has 1 atom stereocenters. The molecule has 1 aromatic rings. The molecule has 1 aromatic carbocycles. The Morgan fingerprint density at radius 2 is 2.14 bits per heavy atom. The van der Waals surface area contributed by atoms with Crippen molar-refractivity contribution in [2.24, 2.45) is 0 Å². The van der Waals surface area contributed by atoms with Gasteiger partial charge < -0.3 is 15.2 Å². The van der Waals surface area contributed by atoms with E-state index in [0.29, 0.717) is 6.04 Å². The third-order valence-corrected chi connectivity index (χ3v) is 4.18. The minimum atomic E-state index is -0.122. The second-order valence-electron chi connectivity index (χ2n) is 6.44. The monoisotopic (exact) mass is 291 g/mol. The lowest BCUT2D eigenvalue weighted by Gasteiger charge is -2.29. The zero-order valence-electron chi connectivity index (χ0n) is 13.4. The van der Waals surface area contributed by atoms with Crippen molar-refractivity contribution in [3.05, 3.63) is 29.8 Å². The summed E-state index contributed by atoms with van der Waals surface area (Å²) in [6.45, 7) is 5.24. The number of aliphatic hydroxyl groups excluding tert-OH is 1.